The summed E-state index contributed by atoms with van der Waals surface area (Å²) >= 11 is 0. The summed E-state index contributed by atoms with van der Waals surface area (Å²) in [6, 6.07) is 9.68. The number of benzene rings is 3. The van der Waals surface area contributed by atoms with E-state index < -0.39 is 114 Å². The third-order valence-electron chi connectivity index (χ3n) is 9.37. The number of phenols is 4. The van der Waals surface area contributed by atoms with E-state index >= 15 is 0 Å². The molecule has 19 heteroatoms. The molecule has 0 aliphatic carbocycles. The van der Waals surface area contributed by atoms with E-state index in [1.54, 1.807) is 0 Å². The fraction of sp³-hybridized carbons (Fsp3) is 0.351. The zero-order valence-electron chi connectivity index (χ0n) is 29.1. The van der Waals surface area contributed by atoms with Crippen LogP contribution in [0.4, 0.5) is 0 Å². The number of carbonyl (C=O) groups excluding carboxylic acids is 1. The van der Waals surface area contributed by atoms with Gasteiger partial charge in [-0.1, -0.05) is 6.07 Å². The number of aliphatic hydroxyl groups is 7. The first-order valence-electron chi connectivity index (χ1n) is 16.9. The van der Waals surface area contributed by atoms with Crippen molar-refractivity contribution < 1.29 is 89.1 Å². The molecule has 4 aromatic rings. The second-order valence-electron chi connectivity index (χ2n) is 12.9. The molecule has 0 bridgehead atoms. The lowest BCUT2D eigenvalue weighted by molar-refractivity contribution is -0.277. The van der Waals surface area contributed by atoms with Crippen LogP contribution >= 0.6 is 0 Å². The van der Waals surface area contributed by atoms with Crippen LogP contribution in [0.3, 0.4) is 0 Å². The smallest absolute Gasteiger partial charge is 0.331 e. The second-order valence-corrected chi connectivity index (χ2v) is 12.9. The molecule has 6 rings (SSSR count). The minimum atomic E-state index is -1.94. The number of methoxy groups -OCH3 is 1. The topological polar surface area (TPSA) is 316 Å². The summed E-state index contributed by atoms with van der Waals surface area (Å²) in [7, 11) is 1.33. The van der Waals surface area contributed by atoms with Gasteiger partial charge in [-0.15, -0.1) is 0 Å². The number of fused-ring (bicyclic) bond motifs is 1. The van der Waals surface area contributed by atoms with Crippen LogP contribution in [0.15, 0.2) is 63.8 Å². The summed E-state index contributed by atoms with van der Waals surface area (Å²) in [6.07, 6.45) is -14.6. The molecule has 0 unspecified atom stereocenters. The Morgan fingerprint density at radius 3 is 2.14 bits per heavy atom. The zero-order valence-corrected chi connectivity index (χ0v) is 29.1. The van der Waals surface area contributed by atoms with Gasteiger partial charge in [0.05, 0.1) is 25.9 Å². The quantitative estimate of drug-likeness (QED) is 0.0696. The maximum Gasteiger partial charge on any atom is 0.331 e. The zero-order chi connectivity index (χ0) is 40.6. The van der Waals surface area contributed by atoms with Gasteiger partial charge >= 0.3 is 5.97 Å². The molecular formula is C37H38O19. The molecule has 11 N–H and O–H groups in total. The monoisotopic (exact) mass is 786 g/mol. The number of carbonyl (C=O) groups is 1. The van der Waals surface area contributed by atoms with E-state index in [0.717, 1.165) is 24.3 Å². The third-order valence-corrected chi connectivity index (χ3v) is 9.37. The van der Waals surface area contributed by atoms with E-state index in [0.29, 0.717) is 5.56 Å². The fourth-order valence-corrected chi connectivity index (χ4v) is 6.38. The van der Waals surface area contributed by atoms with Gasteiger partial charge < -0.3 is 84.3 Å². The Bertz CT molecular complexity index is 2160. The van der Waals surface area contributed by atoms with Crippen LogP contribution in [-0.4, -0.2) is 138 Å². The van der Waals surface area contributed by atoms with Crippen LogP contribution in [0.1, 0.15) is 17.2 Å². The van der Waals surface area contributed by atoms with Crippen molar-refractivity contribution in [3.8, 4) is 45.8 Å². The van der Waals surface area contributed by atoms with Gasteiger partial charge in [0, 0.05) is 23.8 Å². The Balaban J connectivity index is 1.29. The predicted molar refractivity (Wildman–Crippen MR) is 188 cm³/mol. The van der Waals surface area contributed by atoms with Crippen molar-refractivity contribution >= 4 is 23.0 Å². The molecule has 2 aliphatic heterocycles. The molecule has 2 aliphatic rings. The molecule has 1 aromatic heterocycles. The van der Waals surface area contributed by atoms with Gasteiger partial charge in [-0.25, -0.2) is 4.79 Å². The Morgan fingerprint density at radius 1 is 0.768 bits per heavy atom. The standard InChI is InChI=1S/C37H38O19/c1-51-22-8-14(2-5-16(22)40)3-7-26(44)56-36-33(49)30(46)24(12-38)53-35(36)28-19(43)11-23-27(31(28)47)18(42)10-21(52-23)15-4-6-20(17(41)9-15)54-37-34(50)32(48)29(45)25(13-39)55-37/h2-11,24-25,29-30,32-41,43,45-50H,12-13H2,1H3/b7-3+/t24-,25-,29+,30+,32-,33-,34+,35-,36+,37+/m0/s1. The lowest BCUT2D eigenvalue weighted by Crippen LogP contribution is -2.60. The SMILES string of the molecule is COc1cc(/C=C/C(=O)O[C@@H]2[C@@H](O)[C@H](O)[C@H](CO)O[C@H]2c2c(O)cc3oc(-c4ccc(O[C@@H]5O[C@@H](CO)[C@@H](O)[C@H](O)[C@H]5O)c(O)c4)cc(=O)c3c2O)ccc1O. The van der Waals surface area contributed by atoms with Gasteiger partial charge in [-0.3, -0.25) is 4.79 Å². The van der Waals surface area contributed by atoms with Gasteiger partial charge in [0.25, 0.3) is 0 Å². The van der Waals surface area contributed by atoms with Crippen molar-refractivity contribution in [3.05, 3.63) is 76.0 Å². The van der Waals surface area contributed by atoms with E-state index in [9.17, 15) is 65.8 Å². The number of aromatic hydroxyl groups is 4. The van der Waals surface area contributed by atoms with Gasteiger partial charge in [0.1, 0.15) is 77.1 Å². The second kappa shape index (κ2) is 16.3. The van der Waals surface area contributed by atoms with Crippen molar-refractivity contribution in [2.45, 2.75) is 61.2 Å². The fourth-order valence-electron chi connectivity index (χ4n) is 6.38. The summed E-state index contributed by atoms with van der Waals surface area (Å²) in [5.41, 5.74) is -1.33. The molecule has 0 radical (unpaired) electrons. The van der Waals surface area contributed by atoms with Crippen LogP contribution < -0.4 is 14.9 Å². The average Bonchev–Trinajstić information content (AvgIpc) is 3.17. The normalized spacial score (nSPS) is 28.0. The highest BCUT2D eigenvalue weighted by Crippen LogP contribution is 2.46. The Kier molecular flexibility index (Phi) is 11.7. The first-order valence-corrected chi connectivity index (χ1v) is 16.9. The van der Waals surface area contributed by atoms with Gasteiger partial charge in [0.15, 0.2) is 34.5 Å². The lowest BCUT2D eigenvalue weighted by Gasteiger charge is -2.42. The van der Waals surface area contributed by atoms with Crippen LogP contribution in [0, 0.1) is 0 Å². The van der Waals surface area contributed by atoms with Gasteiger partial charge in [0.2, 0.25) is 6.29 Å². The highest BCUT2D eigenvalue weighted by atomic mass is 16.7. The minimum Gasteiger partial charge on any atom is -0.507 e. The first-order chi connectivity index (χ1) is 26.7. The number of phenolic OH excluding ortho intramolecular Hbond substituents is 4. The molecule has 3 heterocycles. The van der Waals surface area contributed by atoms with Crippen molar-refractivity contribution in [3.63, 3.8) is 0 Å². The van der Waals surface area contributed by atoms with Crippen LogP contribution in [0.2, 0.25) is 0 Å². The van der Waals surface area contributed by atoms with E-state index in [4.69, 9.17) is 28.1 Å². The molecule has 0 spiro atoms. The van der Waals surface area contributed by atoms with Crippen LogP contribution in [-0.2, 0) is 19.0 Å². The van der Waals surface area contributed by atoms with Crippen molar-refractivity contribution in [2.24, 2.45) is 0 Å². The van der Waals surface area contributed by atoms with Crippen LogP contribution in [0.25, 0.3) is 28.4 Å². The third kappa shape index (κ3) is 7.67. The van der Waals surface area contributed by atoms with Crippen molar-refractivity contribution in [1.29, 1.82) is 0 Å². The van der Waals surface area contributed by atoms with E-state index in [1.165, 1.54) is 43.5 Å². The van der Waals surface area contributed by atoms with Gasteiger partial charge in [-0.2, -0.15) is 0 Å². The Morgan fingerprint density at radius 2 is 1.46 bits per heavy atom. The Hall–Kier alpha value is -5.48. The van der Waals surface area contributed by atoms with E-state index in [2.05, 4.69) is 0 Å². The number of ether oxygens (including phenoxy) is 5. The Labute approximate surface area is 315 Å². The number of rotatable bonds is 10. The highest BCUT2D eigenvalue weighted by Gasteiger charge is 2.49. The number of aliphatic hydroxyl groups excluding tert-OH is 7. The maximum absolute atomic E-state index is 13.5. The summed E-state index contributed by atoms with van der Waals surface area (Å²) in [5, 5.41) is 114. The largest absolute Gasteiger partial charge is 0.507 e. The van der Waals surface area contributed by atoms with Crippen molar-refractivity contribution in [1.82, 2.24) is 0 Å². The number of esters is 1. The number of hydrogen-bond donors (Lipinski definition) is 11. The molecule has 10 atom stereocenters. The lowest BCUT2D eigenvalue weighted by atomic mass is 9.89. The summed E-state index contributed by atoms with van der Waals surface area (Å²) in [4.78, 5) is 26.5. The average molecular weight is 787 g/mol. The summed E-state index contributed by atoms with van der Waals surface area (Å²) in [6.45, 7) is -1.56. The molecule has 19 nitrogen and oxygen atoms in total. The molecule has 0 amide bonds. The minimum absolute atomic E-state index is 0.0787. The molecule has 0 saturated carbocycles. The highest BCUT2D eigenvalue weighted by molar-refractivity contribution is 5.89. The summed E-state index contributed by atoms with van der Waals surface area (Å²) in [5.74, 6) is -3.82. The van der Waals surface area contributed by atoms with Crippen molar-refractivity contribution in [2.75, 3.05) is 20.3 Å². The molecule has 2 fully saturated rings. The molecule has 56 heavy (non-hydrogen) atoms. The molecule has 300 valence electrons. The van der Waals surface area contributed by atoms with Gasteiger partial charge in [-0.05, 0) is 42.0 Å². The summed E-state index contributed by atoms with van der Waals surface area (Å²) < 4.78 is 32.8. The van der Waals surface area contributed by atoms with Crippen LogP contribution in [0.5, 0.6) is 34.5 Å². The molecule has 3 aromatic carbocycles. The first kappa shape index (κ1) is 40.2. The predicted octanol–water partition coefficient (Wildman–Crippen LogP) is -0.751. The van der Waals surface area contributed by atoms with E-state index in [1.807, 2.05) is 0 Å². The number of hydrogen-bond acceptors (Lipinski definition) is 19. The van der Waals surface area contributed by atoms with E-state index in [-0.39, 0.29) is 34.2 Å². The molecule has 2 saturated heterocycles. The molecular weight excluding hydrogens is 748 g/mol. The maximum atomic E-state index is 13.5.